The number of nitrogens with one attached hydrogen (secondary N) is 2. The Morgan fingerprint density at radius 1 is 1.67 bits per heavy atom. The molecule has 0 saturated carbocycles. The van der Waals surface area contributed by atoms with E-state index in [4.69, 9.17) is 11.6 Å². The fourth-order valence-corrected chi connectivity index (χ4v) is 2.43. The van der Waals surface area contributed by atoms with Gasteiger partial charge in [-0.1, -0.05) is 11.6 Å². The lowest BCUT2D eigenvalue weighted by molar-refractivity contribution is 0.389. The summed E-state index contributed by atoms with van der Waals surface area (Å²) >= 11 is 6.09. The maximum atomic E-state index is 11.9. The summed E-state index contributed by atoms with van der Waals surface area (Å²) in [6, 6.07) is 0.651. The Balaban J connectivity index is 2.19. The minimum Gasteiger partial charge on any atom is -0.378 e. The fourth-order valence-electron chi connectivity index (χ4n) is 2.23. The van der Waals surface area contributed by atoms with Crippen molar-refractivity contribution in [1.82, 2.24) is 15.1 Å². The van der Waals surface area contributed by atoms with Crippen LogP contribution in [0.4, 0.5) is 5.69 Å². The van der Waals surface area contributed by atoms with Crippen LogP contribution in [0.2, 0.25) is 5.02 Å². The van der Waals surface area contributed by atoms with Crippen LogP contribution in [-0.2, 0) is 6.54 Å². The molecule has 1 fully saturated rings. The van der Waals surface area contributed by atoms with Crippen molar-refractivity contribution in [3.05, 3.63) is 21.6 Å². The maximum Gasteiger partial charge on any atom is 0.287 e. The first-order valence-corrected chi connectivity index (χ1v) is 6.76. The van der Waals surface area contributed by atoms with Gasteiger partial charge in [0.25, 0.3) is 5.56 Å². The Morgan fingerprint density at radius 3 is 3.11 bits per heavy atom. The number of aromatic nitrogens is 2. The predicted octanol–water partition coefficient (Wildman–Crippen LogP) is 1.47. The highest BCUT2D eigenvalue weighted by Gasteiger charge is 2.22. The van der Waals surface area contributed by atoms with Crippen molar-refractivity contribution in [2.75, 3.05) is 11.9 Å². The van der Waals surface area contributed by atoms with Crippen LogP contribution >= 0.6 is 11.6 Å². The van der Waals surface area contributed by atoms with Gasteiger partial charge < -0.3 is 10.6 Å². The number of anilines is 1. The van der Waals surface area contributed by atoms with Crippen LogP contribution < -0.4 is 16.2 Å². The van der Waals surface area contributed by atoms with Gasteiger partial charge in [-0.2, -0.15) is 5.10 Å². The summed E-state index contributed by atoms with van der Waals surface area (Å²) in [5.41, 5.74) is 0.396. The fraction of sp³-hybridized carbons (Fsp3) is 0.667. The van der Waals surface area contributed by atoms with Crippen LogP contribution in [0.15, 0.2) is 11.0 Å². The molecular formula is C12H19ClN4O. The maximum absolute atomic E-state index is 11.9. The van der Waals surface area contributed by atoms with Gasteiger partial charge in [0.05, 0.1) is 11.9 Å². The van der Waals surface area contributed by atoms with E-state index in [0.717, 1.165) is 19.4 Å². The molecule has 1 saturated heterocycles. The van der Waals surface area contributed by atoms with Crippen molar-refractivity contribution in [2.24, 2.45) is 0 Å². The first kappa shape index (κ1) is 13.4. The third-order valence-corrected chi connectivity index (χ3v) is 3.75. The lowest BCUT2D eigenvalue weighted by Gasteiger charge is -2.31. The van der Waals surface area contributed by atoms with Crippen LogP contribution in [0.5, 0.6) is 0 Å². The highest BCUT2D eigenvalue weighted by molar-refractivity contribution is 6.32. The molecule has 2 unspecified atom stereocenters. The number of hydrogen-bond donors (Lipinski definition) is 2. The van der Waals surface area contributed by atoms with E-state index in [1.54, 1.807) is 6.20 Å². The summed E-state index contributed by atoms with van der Waals surface area (Å²) in [4.78, 5) is 11.9. The summed E-state index contributed by atoms with van der Waals surface area (Å²) in [6.45, 7) is 5.57. The van der Waals surface area contributed by atoms with E-state index in [-0.39, 0.29) is 16.6 Å². The van der Waals surface area contributed by atoms with Crippen LogP contribution in [-0.4, -0.2) is 28.4 Å². The number of rotatable bonds is 3. The first-order chi connectivity index (χ1) is 8.63. The molecule has 5 nitrogen and oxygen atoms in total. The Bertz CT molecular complexity index is 474. The van der Waals surface area contributed by atoms with E-state index in [9.17, 15) is 4.79 Å². The van der Waals surface area contributed by atoms with Gasteiger partial charge in [0, 0.05) is 18.6 Å². The molecule has 2 heterocycles. The zero-order valence-electron chi connectivity index (χ0n) is 10.7. The third kappa shape index (κ3) is 2.67. The molecule has 0 aromatic carbocycles. The molecule has 2 atom stereocenters. The van der Waals surface area contributed by atoms with Gasteiger partial charge in [-0.25, -0.2) is 4.68 Å². The summed E-state index contributed by atoms with van der Waals surface area (Å²) in [6.07, 6.45) is 3.83. The van der Waals surface area contributed by atoms with Crippen LogP contribution in [0.1, 0.15) is 26.7 Å². The second kappa shape index (κ2) is 5.71. The summed E-state index contributed by atoms with van der Waals surface area (Å²) in [5.74, 6) is 0. The number of halogens is 1. The monoisotopic (exact) mass is 270 g/mol. The van der Waals surface area contributed by atoms with Crippen molar-refractivity contribution in [3.8, 4) is 0 Å². The van der Waals surface area contributed by atoms with Crippen molar-refractivity contribution in [3.63, 3.8) is 0 Å². The molecule has 1 aliphatic heterocycles. The minimum atomic E-state index is -0.236. The van der Waals surface area contributed by atoms with Gasteiger partial charge in [-0.3, -0.25) is 4.79 Å². The molecular weight excluding hydrogens is 252 g/mol. The van der Waals surface area contributed by atoms with E-state index in [2.05, 4.69) is 22.7 Å². The quantitative estimate of drug-likeness (QED) is 0.873. The van der Waals surface area contributed by atoms with Crippen LogP contribution in [0, 0.1) is 0 Å². The Labute approximate surface area is 112 Å². The average molecular weight is 271 g/mol. The van der Waals surface area contributed by atoms with E-state index >= 15 is 0 Å². The van der Waals surface area contributed by atoms with Crippen molar-refractivity contribution in [2.45, 2.75) is 45.3 Å². The molecule has 6 heteroatoms. The molecule has 1 aliphatic rings. The zero-order valence-corrected chi connectivity index (χ0v) is 11.5. The largest absolute Gasteiger partial charge is 0.378 e. The standard InChI is InChI=1S/C12H19ClN4O/c1-3-17-12(18)11(13)10(7-15-17)16-9-5-4-6-14-8(9)2/h7-9,14,16H,3-6H2,1-2H3. The molecule has 0 aliphatic carbocycles. The van der Waals surface area contributed by atoms with Crippen molar-refractivity contribution in [1.29, 1.82) is 0 Å². The third-order valence-electron chi connectivity index (χ3n) is 3.39. The predicted molar refractivity (Wildman–Crippen MR) is 73.3 cm³/mol. The van der Waals surface area contributed by atoms with Gasteiger partial charge in [0.2, 0.25) is 0 Å². The van der Waals surface area contributed by atoms with Crippen LogP contribution in [0.3, 0.4) is 0 Å². The lowest BCUT2D eigenvalue weighted by Crippen LogP contribution is -2.46. The smallest absolute Gasteiger partial charge is 0.287 e. The molecule has 0 radical (unpaired) electrons. The normalized spacial score (nSPS) is 23.9. The molecule has 2 rings (SSSR count). The Morgan fingerprint density at radius 2 is 2.44 bits per heavy atom. The van der Waals surface area contributed by atoms with Crippen molar-refractivity contribution < 1.29 is 0 Å². The zero-order chi connectivity index (χ0) is 13.1. The minimum absolute atomic E-state index is 0.227. The van der Waals surface area contributed by atoms with E-state index in [1.165, 1.54) is 4.68 Å². The molecule has 18 heavy (non-hydrogen) atoms. The molecule has 1 aromatic rings. The van der Waals surface area contributed by atoms with Gasteiger partial charge >= 0.3 is 0 Å². The second-order valence-electron chi connectivity index (χ2n) is 4.63. The molecule has 100 valence electrons. The van der Waals surface area contributed by atoms with E-state index in [0.29, 0.717) is 18.3 Å². The topological polar surface area (TPSA) is 59.0 Å². The molecule has 0 bridgehead atoms. The average Bonchev–Trinajstić information content (AvgIpc) is 2.38. The van der Waals surface area contributed by atoms with Crippen molar-refractivity contribution >= 4 is 17.3 Å². The Hall–Kier alpha value is -1.07. The highest BCUT2D eigenvalue weighted by Crippen LogP contribution is 2.20. The lowest BCUT2D eigenvalue weighted by atomic mass is 10.00. The molecule has 0 amide bonds. The highest BCUT2D eigenvalue weighted by atomic mass is 35.5. The second-order valence-corrected chi connectivity index (χ2v) is 5.01. The van der Waals surface area contributed by atoms with Gasteiger partial charge in [0.15, 0.2) is 0 Å². The molecule has 1 aromatic heterocycles. The molecule has 2 N–H and O–H groups in total. The number of piperidine rings is 1. The number of nitrogens with zero attached hydrogens (tertiary/aromatic N) is 2. The first-order valence-electron chi connectivity index (χ1n) is 6.39. The van der Waals surface area contributed by atoms with E-state index in [1.807, 2.05) is 6.92 Å². The summed E-state index contributed by atoms with van der Waals surface area (Å²) < 4.78 is 1.36. The Kier molecular flexibility index (Phi) is 4.24. The molecule has 0 spiro atoms. The van der Waals surface area contributed by atoms with Gasteiger partial charge in [-0.05, 0) is 33.2 Å². The SMILES string of the molecule is CCn1ncc(NC2CCCNC2C)c(Cl)c1=O. The summed E-state index contributed by atoms with van der Waals surface area (Å²) in [5, 5.41) is 11.0. The number of hydrogen-bond acceptors (Lipinski definition) is 4. The van der Waals surface area contributed by atoms with Gasteiger partial charge in [-0.15, -0.1) is 0 Å². The number of aryl methyl sites for hydroxylation is 1. The van der Waals surface area contributed by atoms with E-state index < -0.39 is 0 Å². The van der Waals surface area contributed by atoms with Gasteiger partial charge in [0.1, 0.15) is 5.02 Å². The van der Waals surface area contributed by atoms with Crippen LogP contribution in [0.25, 0.3) is 0 Å². The summed E-state index contributed by atoms with van der Waals surface area (Å²) in [7, 11) is 0.